The van der Waals surface area contributed by atoms with Crippen molar-refractivity contribution in [3.05, 3.63) is 29.8 Å². The lowest BCUT2D eigenvalue weighted by molar-refractivity contribution is 0.187. The summed E-state index contributed by atoms with van der Waals surface area (Å²) < 4.78 is 5.09. The van der Waals surface area contributed by atoms with Crippen molar-refractivity contribution >= 4 is 0 Å². The third-order valence-corrected chi connectivity index (χ3v) is 2.34. The SMILES string of the molecule is COc1ccc([C@@H](C)NCC(C)O)cc1. The van der Waals surface area contributed by atoms with Crippen molar-refractivity contribution in [3.63, 3.8) is 0 Å². The molecule has 0 spiro atoms. The van der Waals surface area contributed by atoms with Crippen LogP contribution >= 0.6 is 0 Å². The first kappa shape index (κ1) is 12.0. The van der Waals surface area contributed by atoms with Gasteiger partial charge in [-0.15, -0.1) is 0 Å². The van der Waals surface area contributed by atoms with E-state index in [1.807, 2.05) is 24.3 Å². The molecule has 0 saturated heterocycles. The Bertz CT molecular complexity index is 282. The van der Waals surface area contributed by atoms with Gasteiger partial charge in [0.15, 0.2) is 0 Å². The summed E-state index contributed by atoms with van der Waals surface area (Å²) in [7, 11) is 1.66. The highest BCUT2D eigenvalue weighted by atomic mass is 16.5. The summed E-state index contributed by atoms with van der Waals surface area (Å²) in [6.07, 6.45) is -0.314. The van der Waals surface area contributed by atoms with Gasteiger partial charge >= 0.3 is 0 Å². The quantitative estimate of drug-likeness (QED) is 0.776. The van der Waals surface area contributed by atoms with Gasteiger partial charge in [0.25, 0.3) is 0 Å². The lowest BCUT2D eigenvalue weighted by atomic mass is 10.1. The van der Waals surface area contributed by atoms with E-state index in [2.05, 4.69) is 12.2 Å². The number of rotatable bonds is 5. The molecule has 0 bridgehead atoms. The van der Waals surface area contributed by atoms with Gasteiger partial charge < -0.3 is 15.2 Å². The molecular formula is C12H19NO2. The molecule has 1 rings (SSSR count). The predicted octanol–water partition coefficient (Wildman–Crippen LogP) is 1.73. The summed E-state index contributed by atoms with van der Waals surface area (Å²) in [4.78, 5) is 0. The number of aliphatic hydroxyl groups is 1. The molecule has 84 valence electrons. The monoisotopic (exact) mass is 209 g/mol. The van der Waals surface area contributed by atoms with Crippen LogP contribution in [-0.2, 0) is 0 Å². The predicted molar refractivity (Wildman–Crippen MR) is 61.1 cm³/mol. The van der Waals surface area contributed by atoms with E-state index in [1.165, 1.54) is 5.56 Å². The van der Waals surface area contributed by atoms with Crippen molar-refractivity contribution in [2.24, 2.45) is 0 Å². The van der Waals surface area contributed by atoms with Gasteiger partial charge in [-0.3, -0.25) is 0 Å². The lowest BCUT2D eigenvalue weighted by Crippen LogP contribution is -2.27. The van der Waals surface area contributed by atoms with E-state index >= 15 is 0 Å². The maximum atomic E-state index is 9.15. The highest BCUT2D eigenvalue weighted by Gasteiger charge is 2.05. The van der Waals surface area contributed by atoms with Crippen LogP contribution in [0.3, 0.4) is 0 Å². The Morgan fingerprint density at radius 2 is 1.87 bits per heavy atom. The van der Waals surface area contributed by atoms with Crippen LogP contribution in [0.4, 0.5) is 0 Å². The Kier molecular flexibility index (Phi) is 4.59. The first-order valence-corrected chi connectivity index (χ1v) is 5.19. The minimum absolute atomic E-state index is 0.241. The van der Waals surface area contributed by atoms with Gasteiger partial charge in [-0.25, -0.2) is 0 Å². The zero-order valence-electron chi connectivity index (χ0n) is 9.53. The molecule has 0 amide bonds. The molecule has 0 aliphatic carbocycles. The first-order chi connectivity index (χ1) is 7.13. The summed E-state index contributed by atoms with van der Waals surface area (Å²) in [6, 6.07) is 8.17. The van der Waals surface area contributed by atoms with E-state index < -0.39 is 0 Å². The fourth-order valence-corrected chi connectivity index (χ4v) is 1.36. The minimum Gasteiger partial charge on any atom is -0.497 e. The number of hydrogen-bond acceptors (Lipinski definition) is 3. The summed E-state index contributed by atoms with van der Waals surface area (Å²) in [5.41, 5.74) is 1.19. The molecule has 0 aliphatic rings. The van der Waals surface area contributed by atoms with E-state index in [4.69, 9.17) is 9.84 Å². The van der Waals surface area contributed by atoms with Crippen molar-refractivity contribution in [3.8, 4) is 5.75 Å². The second-order valence-corrected chi connectivity index (χ2v) is 3.75. The molecule has 3 nitrogen and oxygen atoms in total. The highest BCUT2D eigenvalue weighted by Crippen LogP contribution is 2.16. The van der Waals surface area contributed by atoms with Gasteiger partial charge in [0.2, 0.25) is 0 Å². The largest absolute Gasteiger partial charge is 0.497 e. The van der Waals surface area contributed by atoms with Gasteiger partial charge in [0.1, 0.15) is 5.75 Å². The zero-order chi connectivity index (χ0) is 11.3. The standard InChI is InChI=1S/C12H19NO2/c1-9(14)8-13-10(2)11-4-6-12(15-3)7-5-11/h4-7,9-10,13-14H,8H2,1-3H3/t9?,10-/m1/s1. The number of ether oxygens (including phenoxy) is 1. The molecule has 0 saturated carbocycles. The van der Waals surface area contributed by atoms with Crippen LogP contribution in [0.25, 0.3) is 0 Å². The maximum absolute atomic E-state index is 9.15. The van der Waals surface area contributed by atoms with Crippen molar-refractivity contribution in [2.45, 2.75) is 26.0 Å². The summed E-state index contributed by atoms with van der Waals surface area (Å²) in [5, 5.41) is 12.4. The topological polar surface area (TPSA) is 41.5 Å². The van der Waals surface area contributed by atoms with Crippen LogP contribution in [0.15, 0.2) is 24.3 Å². The summed E-state index contributed by atoms with van der Waals surface area (Å²) >= 11 is 0. The second-order valence-electron chi connectivity index (χ2n) is 3.75. The van der Waals surface area contributed by atoms with Gasteiger partial charge in [0.05, 0.1) is 13.2 Å². The van der Waals surface area contributed by atoms with Crippen LogP contribution in [0, 0.1) is 0 Å². The fourth-order valence-electron chi connectivity index (χ4n) is 1.36. The Hall–Kier alpha value is -1.06. The molecule has 0 aromatic heterocycles. The van der Waals surface area contributed by atoms with Crippen LogP contribution < -0.4 is 10.1 Å². The van der Waals surface area contributed by atoms with Crippen molar-refractivity contribution in [1.29, 1.82) is 0 Å². The van der Waals surface area contributed by atoms with Crippen LogP contribution in [0.1, 0.15) is 25.5 Å². The third-order valence-electron chi connectivity index (χ3n) is 2.34. The van der Waals surface area contributed by atoms with E-state index in [1.54, 1.807) is 14.0 Å². The zero-order valence-corrected chi connectivity index (χ0v) is 9.53. The smallest absolute Gasteiger partial charge is 0.118 e. The molecular weight excluding hydrogens is 190 g/mol. The molecule has 1 unspecified atom stereocenters. The minimum atomic E-state index is -0.314. The Labute approximate surface area is 91.1 Å². The Morgan fingerprint density at radius 1 is 1.27 bits per heavy atom. The lowest BCUT2D eigenvalue weighted by Gasteiger charge is -2.15. The highest BCUT2D eigenvalue weighted by molar-refractivity contribution is 5.28. The average molecular weight is 209 g/mol. The van der Waals surface area contributed by atoms with Crippen molar-refractivity contribution in [1.82, 2.24) is 5.32 Å². The Morgan fingerprint density at radius 3 is 2.33 bits per heavy atom. The molecule has 1 aromatic carbocycles. The van der Waals surface area contributed by atoms with Gasteiger partial charge in [-0.05, 0) is 31.5 Å². The maximum Gasteiger partial charge on any atom is 0.118 e. The molecule has 0 heterocycles. The first-order valence-electron chi connectivity index (χ1n) is 5.19. The van der Waals surface area contributed by atoms with Crippen LogP contribution in [0.5, 0.6) is 5.75 Å². The van der Waals surface area contributed by atoms with Crippen molar-refractivity contribution < 1.29 is 9.84 Å². The number of aliphatic hydroxyl groups excluding tert-OH is 1. The summed E-state index contributed by atoms with van der Waals surface area (Å²) in [6.45, 7) is 4.45. The molecule has 3 heteroatoms. The van der Waals surface area contributed by atoms with E-state index in [0.717, 1.165) is 5.75 Å². The molecule has 0 aliphatic heterocycles. The molecule has 2 atom stereocenters. The van der Waals surface area contributed by atoms with Gasteiger partial charge in [-0.1, -0.05) is 12.1 Å². The van der Waals surface area contributed by atoms with E-state index in [0.29, 0.717) is 6.54 Å². The number of benzene rings is 1. The average Bonchev–Trinajstić information content (AvgIpc) is 2.26. The van der Waals surface area contributed by atoms with E-state index in [9.17, 15) is 0 Å². The Balaban J connectivity index is 2.54. The molecule has 2 N–H and O–H groups in total. The summed E-state index contributed by atoms with van der Waals surface area (Å²) in [5.74, 6) is 0.862. The van der Waals surface area contributed by atoms with Gasteiger partial charge in [0, 0.05) is 12.6 Å². The van der Waals surface area contributed by atoms with E-state index in [-0.39, 0.29) is 12.1 Å². The number of methoxy groups -OCH3 is 1. The second kappa shape index (κ2) is 5.73. The molecule has 0 fully saturated rings. The number of hydrogen-bond donors (Lipinski definition) is 2. The number of nitrogens with one attached hydrogen (secondary N) is 1. The molecule has 0 radical (unpaired) electrons. The third kappa shape index (κ3) is 3.90. The molecule has 1 aromatic rings. The van der Waals surface area contributed by atoms with Crippen LogP contribution in [-0.4, -0.2) is 24.9 Å². The molecule has 15 heavy (non-hydrogen) atoms. The fraction of sp³-hybridized carbons (Fsp3) is 0.500. The van der Waals surface area contributed by atoms with Crippen molar-refractivity contribution in [2.75, 3.05) is 13.7 Å². The van der Waals surface area contributed by atoms with Crippen LogP contribution in [0.2, 0.25) is 0 Å². The normalized spacial score (nSPS) is 14.7. The van der Waals surface area contributed by atoms with Gasteiger partial charge in [-0.2, -0.15) is 0 Å².